The van der Waals surface area contributed by atoms with Crippen LogP contribution in [-0.2, 0) is 9.53 Å². The standard InChI is InChI=1S/C9H13NO2/c1-10-9(11)7-12-8-5-3-2-4-6-8/h2-3,5H,4,6-7H2,1H3,(H,10,11). The van der Waals surface area contributed by atoms with Crippen LogP contribution in [0.5, 0.6) is 0 Å². The number of likely N-dealkylation sites (N-methyl/N-ethyl adjacent to an activating group) is 1. The molecule has 0 unspecified atom stereocenters. The second-order valence-electron chi connectivity index (χ2n) is 2.56. The first-order valence-corrected chi connectivity index (χ1v) is 4.02. The molecule has 0 aromatic rings. The fourth-order valence-corrected chi connectivity index (χ4v) is 0.931. The van der Waals surface area contributed by atoms with E-state index < -0.39 is 0 Å². The maximum absolute atomic E-state index is 10.8. The Morgan fingerprint density at radius 3 is 3.17 bits per heavy atom. The second kappa shape index (κ2) is 4.59. The lowest BCUT2D eigenvalue weighted by atomic mass is 10.2. The van der Waals surface area contributed by atoms with Gasteiger partial charge in [0.05, 0.1) is 5.76 Å². The van der Waals surface area contributed by atoms with Crippen LogP contribution in [-0.4, -0.2) is 19.6 Å². The number of carbonyl (C=O) groups is 1. The van der Waals surface area contributed by atoms with E-state index in [1.54, 1.807) is 7.05 Å². The Bertz CT molecular complexity index is 219. The highest BCUT2D eigenvalue weighted by atomic mass is 16.5. The Hall–Kier alpha value is -1.25. The Labute approximate surface area is 72.1 Å². The van der Waals surface area contributed by atoms with Gasteiger partial charge < -0.3 is 10.1 Å². The molecular formula is C9H13NO2. The molecule has 0 saturated heterocycles. The number of nitrogens with one attached hydrogen (secondary N) is 1. The summed E-state index contributed by atoms with van der Waals surface area (Å²) in [6.07, 6.45) is 7.81. The zero-order valence-corrected chi connectivity index (χ0v) is 7.17. The van der Waals surface area contributed by atoms with Crippen molar-refractivity contribution in [3.8, 4) is 0 Å². The van der Waals surface area contributed by atoms with Gasteiger partial charge in [-0.3, -0.25) is 4.79 Å². The van der Waals surface area contributed by atoms with Crippen molar-refractivity contribution in [3.63, 3.8) is 0 Å². The largest absolute Gasteiger partial charge is 0.488 e. The number of amides is 1. The molecule has 0 atom stereocenters. The molecule has 1 rings (SSSR count). The van der Waals surface area contributed by atoms with E-state index in [2.05, 4.69) is 11.4 Å². The zero-order valence-electron chi connectivity index (χ0n) is 7.17. The topological polar surface area (TPSA) is 38.3 Å². The molecule has 1 amide bonds. The Morgan fingerprint density at radius 2 is 2.58 bits per heavy atom. The van der Waals surface area contributed by atoms with Crippen LogP contribution < -0.4 is 5.32 Å². The maximum Gasteiger partial charge on any atom is 0.257 e. The fraction of sp³-hybridized carbons (Fsp3) is 0.444. The molecule has 0 bridgehead atoms. The van der Waals surface area contributed by atoms with Crippen molar-refractivity contribution in [1.29, 1.82) is 0 Å². The van der Waals surface area contributed by atoms with Crippen LogP contribution in [0.25, 0.3) is 0 Å². The summed E-state index contributed by atoms with van der Waals surface area (Å²) in [6.45, 7) is 0.121. The SMILES string of the molecule is CNC(=O)COC1=CC=CCC1. The van der Waals surface area contributed by atoms with Gasteiger partial charge in [-0.15, -0.1) is 0 Å². The summed E-state index contributed by atoms with van der Waals surface area (Å²) < 4.78 is 5.23. The number of allylic oxidation sites excluding steroid dienone is 4. The Balaban J connectivity index is 2.27. The maximum atomic E-state index is 10.8. The van der Waals surface area contributed by atoms with Gasteiger partial charge in [-0.25, -0.2) is 0 Å². The van der Waals surface area contributed by atoms with E-state index in [0.717, 1.165) is 18.6 Å². The lowest BCUT2D eigenvalue weighted by Crippen LogP contribution is -2.23. The summed E-state index contributed by atoms with van der Waals surface area (Å²) >= 11 is 0. The molecule has 3 heteroatoms. The highest BCUT2D eigenvalue weighted by molar-refractivity contribution is 5.76. The molecule has 1 N–H and O–H groups in total. The number of rotatable bonds is 3. The lowest BCUT2D eigenvalue weighted by Gasteiger charge is -2.10. The van der Waals surface area contributed by atoms with Crippen LogP contribution in [0.3, 0.4) is 0 Å². The minimum absolute atomic E-state index is 0.0922. The molecule has 12 heavy (non-hydrogen) atoms. The van der Waals surface area contributed by atoms with E-state index in [-0.39, 0.29) is 12.5 Å². The second-order valence-corrected chi connectivity index (χ2v) is 2.56. The smallest absolute Gasteiger partial charge is 0.257 e. The van der Waals surface area contributed by atoms with E-state index in [1.165, 1.54) is 0 Å². The van der Waals surface area contributed by atoms with Crippen molar-refractivity contribution in [2.24, 2.45) is 0 Å². The van der Waals surface area contributed by atoms with Gasteiger partial charge in [-0.2, -0.15) is 0 Å². The number of carbonyl (C=O) groups excluding carboxylic acids is 1. The monoisotopic (exact) mass is 167 g/mol. The van der Waals surface area contributed by atoms with Gasteiger partial charge in [0, 0.05) is 13.5 Å². The fourth-order valence-electron chi connectivity index (χ4n) is 0.931. The van der Waals surface area contributed by atoms with E-state index in [4.69, 9.17) is 4.74 Å². The minimum atomic E-state index is -0.0922. The van der Waals surface area contributed by atoms with Crippen molar-refractivity contribution in [3.05, 3.63) is 24.0 Å². The Morgan fingerprint density at radius 1 is 1.75 bits per heavy atom. The third-order valence-electron chi connectivity index (χ3n) is 1.64. The van der Waals surface area contributed by atoms with Crippen LogP contribution in [0.4, 0.5) is 0 Å². The molecule has 0 aromatic carbocycles. The zero-order chi connectivity index (χ0) is 8.81. The van der Waals surface area contributed by atoms with E-state index in [1.807, 2.05) is 12.2 Å². The van der Waals surface area contributed by atoms with Crippen molar-refractivity contribution in [2.45, 2.75) is 12.8 Å². The van der Waals surface area contributed by atoms with Crippen LogP contribution >= 0.6 is 0 Å². The normalized spacial score (nSPS) is 15.2. The minimum Gasteiger partial charge on any atom is -0.488 e. The van der Waals surface area contributed by atoms with Crippen molar-refractivity contribution < 1.29 is 9.53 Å². The first-order chi connectivity index (χ1) is 5.83. The number of ether oxygens (including phenoxy) is 1. The molecule has 1 aliphatic carbocycles. The predicted octanol–water partition coefficient (Wildman–Crippen LogP) is 0.983. The average Bonchev–Trinajstić information content (AvgIpc) is 2.16. The highest BCUT2D eigenvalue weighted by Gasteiger charge is 2.02. The first kappa shape index (κ1) is 8.84. The molecule has 0 aliphatic heterocycles. The summed E-state index contributed by atoms with van der Waals surface area (Å²) in [4.78, 5) is 10.8. The quantitative estimate of drug-likeness (QED) is 0.680. The van der Waals surface area contributed by atoms with Gasteiger partial charge in [0.2, 0.25) is 0 Å². The van der Waals surface area contributed by atoms with Crippen LogP contribution in [0.1, 0.15) is 12.8 Å². The van der Waals surface area contributed by atoms with Gasteiger partial charge in [0.15, 0.2) is 6.61 Å². The van der Waals surface area contributed by atoms with E-state index in [9.17, 15) is 4.79 Å². The predicted molar refractivity (Wildman–Crippen MR) is 46.5 cm³/mol. The summed E-state index contributed by atoms with van der Waals surface area (Å²) in [5, 5.41) is 2.50. The molecule has 0 fully saturated rings. The summed E-state index contributed by atoms with van der Waals surface area (Å²) in [5.74, 6) is 0.798. The van der Waals surface area contributed by atoms with Crippen molar-refractivity contribution >= 4 is 5.91 Å². The molecule has 0 radical (unpaired) electrons. The molecule has 3 nitrogen and oxygen atoms in total. The summed E-state index contributed by atoms with van der Waals surface area (Å²) in [5.41, 5.74) is 0. The summed E-state index contributed by atoms with van der Waals surface area (Å²) in [6, 6.07) is 0. The molecule has 0 aromatic heterocycles. The molecule has 66 valence electrons. The third-order valence-corrected chi connectivity index (χ3v) is 1.64. The van der Waals surface area contributed by atoms with E-state index >= 15 is 0 Å². The van der Waals surface area contributed by atoms with Crippen molar-refractivity contribution in [1.82, 2.24) is 5.32 Å². The number of hydrogen-bond donors (Lipinski definition) is 1. The van der Waals surface area contributed by atoms with Gasteiger partial charge in [-0.1, -0.05) is 12.2 Å². The lowest BCUT2D eigenvalue weighted by molar-refractivity contribution is -0.124. The molecule has 1 aliphatic rings. The van der Waals surface area contributed by atoms with Crippen molar-refractivity contribution in [2.75, 3.05) is 13.7 Å². The van der Waals surface area contributed by atoms with E-state index in [0.29, 0.717) is 0 Å². The first-order valence-electron chi connectivity index (χ1n) is 4.02. The van der Waals surface area contributed by atoms with Gasteiger partial charge in [-0.05, 0) is 12.5 Å². The van der Waals surface area contributed by atoms with Crippen LogP contribution in [0.2, 0.25) is 0 Å². The molecule has 0 heterocycles. The summed E-state index contributed by atoms with van der Waals surface area (Å²) in [7, 11) is 1.60. The van der Waals surface area contributed by atoms with Crippen LogP contribution in [0, 0.1) is 0 Å². The van der Waals surface area contributed by atoms with Gasteiger partial charge in [0.1, 0.15) is 0 Å². The third kappa shape index (κ3) is 2.78. The highest BCUT2D eigenvalue weighted by Crippen LogP contribution is 2.12. The van der Waals surface area contributed by atoms with Gasteiger partial charge >= 0.3 is 0 Å². The molecule has 0 spiro atoms. The average molecular weight is 167 g/mol. The van der Waals surface area contributed by atoms with Crippen LogP contribution in [0.15, 0.2) is 24.0 Å². The van der Waals surface area contributed by atoms with Gasteiger partial charge in [0.25, 0.3) is 5.91 Å². The Kier molecular flexibility index (Phi) is 3.38. The molecule has 0 saturated carbocycles. The molecular weight excluding hydrogens is 154 g/mol. The number of hydrogen-bond acceptors (Lipinski definition) is 2.